The van der Waals surface area contributed by atoms with Gasteiger partial charge >= 0.3 is 11.9 Å². The molecule has 7 nitrogen and oxygen atoms in total. The van der Waals surface area contributed by atoms with Crippen molar-refractivity contribution in [3.05, 3.63) is 92.4 Å². The number of fused-ring (bicyclic) bond motifs is 2. The molecule has 0 spiro atoms. The van der Waals surface area contributed by atoms with E-state index in [1.807, 2.05) is 24.3 Å². The molecule has 0 atom stereocenters. The lowest BCUT2D eigenvalue weighted by atomic mass is 10.2. The third-order valence-electron chi connectivity index (χ3n) is 5.19. The van der Waals surface area contributed by atoms with Crippen molar-refractivity contribution in [3.8, 4) is 11.5 Å². The summed E-state index contributed by atoms with van der Waals surface area (Å²) >= 11 is 11.0. The lowest BCUT2D eigenvalue weighted by Crippen LogP contribution is -2.16. The number of nitrogens with one attached hydrogen (secondary N) is 1. The maximum atomic E-state index is 12.7. The largest absolute Gasteiger partial charge is 0.497 e. The van der Waals surface area contributed by atoms with Gasteiger partial charge in [-0.3, -0.25) is 4.79 Å². The fraction of sp³-hybridized carbons (Fsp3) is 0.0385. The van der Waals surface area contributed by atoms with Crippen molar-refractivity contribution in [1.29, 1.82) is 0 Å². The van der Waals surface area contributed by atoms with E-state index < -0.39 is 11.9 Å². The van der Waals surface area contributed by atoms with Gasteiger partial charge in [0.25, 0.3) is 0 Å². The van der Waals surface area contributed by atoms with E-state index in [-0.39, 0.29) is 5.76 Å². The van der Waals surface area contributed by atoms with Gasteiger partial charge in [-0.15, -0.1) is 11.3 Å². The molecule has 3 aromatic carbocycles. The summed E-state index contributed by atoms with van der Waals surface area (Å²) in [7, 11) is 1.58. The highest BCUT2D eigenvalue weighted by Crippen LogP contribution is 2.37. The van der Waals surface area contributed by atoms with Gasteiger partial charge in [-0.05, 0) is 72.3 Å². The Morgan fingerprint density at radius 2 is 1.83 bits per heavy atom. The number of carbonyl (C=O) groups excluding carboxylic acids is 2. The Kier molecular flexibility index (Phi) is 6.77. The number of hydrogen-bond acceptors (Lipinski definition) is 7. The number of halogens is 2. The quantitative estimate of drug-likeness (QED) is 0.100. The van der Waals surface area contributed by atoms with Crippen LogP contribution in [0.15, 0.2) is 80.7 Å². The van der Waals surface area contributed by atoms with Crippen LogP contribution in [0.2, 0.25) is 5.02 Å². The highest BCUT2D eigenvalue weighted by molar-refractivity contribution is 9.10. The first-order chi connectivity index (χ1) is 17.4. The highest BCUT2D eigenvalue weighted by Gasteiger charge is 2.19. The van der Waals surface area contributed by atoms with Gasteiger partial charge in [-0.2, -0.15) is 5.10 Å². The van der Waals surface area contributed by atoms with Crippen LogP contribution in [-0.4, -0.2) is 25.2 Å². The summed E-state index contributed by atoms with van der Waals surface area (Å²) in [5, 5.41) is 5.88. The van der Waals surface area contributed by atoms with Gasteiger partial charge in [-0.25, -0.2) is 10.2 Å². The van der Waals surface area contributed by atoms with E-state index in [1.165, 1.54) is 17.6 Å². The fourth-order valence-corrected chi connectivity index (χ4v) is 5.22. The second-order valence-corrected chi connectivity index (χ2v) is 9.90. The number of thiophene rings is 1. The molecule has 0 saturated heterocycles. The molecule has 10 heteroatoms. The first-order valence-corrected chi connectivity index (χ1v) is 12.5. The van der Waals surface area contributed by atoms with Crippen molar-refractivity contribution < 1.29 is 23.5 Å². The molecular weight excluding hydrogens is 568 g/mol. The smallest absolute Gasteiger partial charge is 0.355 e. The Bertz CT molecular complexity index is 1640. The van der Waals surface area contributed by atoms with Crippen molar-refractivity contribution in [2.45, 2.75) is 0 Å². The summed E-state index contributed by atoms with van der Waals surface area (Å²) in [6.45, 7) is 0. The number of methoxy groups -OCH3 is 1. The maximum Gasteiger partial charge on any atom is 0.355 e. The number of esters is 1. The fourth-order valence-electron chi connectivity index (χ4n) is 3.43. The van der Waals surface area contributed by atoms with Crippen LogP contribution in [0.25, 0.3) is 21.1 Å². The molecule has 1 amide bonds. The molecule has 2 heterocycles. The van der Waals surface area contributed by atoms with Crippen molar-refractivity contribution in [1.82, 2.24) is 5.43 Å². The van der Waals surface area contributed by atoms with Crippen LogP contribution >= 0.6 is 38.9 Å². The molecule has 0 aliphatic rings. The monoisotopic (exact) mass is 582 g/mol. The van der Waals surface area contributed by atoms with Crippen molar-refractivity contribution in [2.75, 3.05) is 7.11 Å². The van der Waals surface area contributed by atoms with Crippen molar-refractivity contribution in [2.24, 2.45) is 5.10 Å². The van der Waals surface area contributed by atoms with Crippen molar-refractivity contribution >= 4 is 78.0 Å². The summed E-state index contributed by atoms with van der Waals surface area (Å²) in [5.41, 5.74) is 3.73. The minimum atomic E-state index is -0.549. The average molecular weight is 584 g/mol. The first-order valence-electron chi connectivity index (χ1n) is 10.5. The standard InChI is InChI=1S/C26H16BrClN2O5S/c1-33-18-7-8-19-22(12-18)36-24(23(19)28)26(32)34-17-5-2-14(3-6-17)13-29-30-25(31)21-11-15-10-16(27)4-9-20(15)35-21/h2-13H,1H3,(H,30,31). The Hall–Kier alpha value is -3.66. The summed E-state index contributed by atoms with van der Waals surface area (Å²) in [5.74, 6) is 0.162. The lowest BCUT2D eigenvalue weighted by molar-refractivity contribution is 0.0739. The van der Waals surface area contributed by atoms with Crippen LogP contribution in [0.1, 0.15) is 25.8 Å². The van der Waals surface area contributed by atoms with Gasteiger partial charge in [0.1, 0.15) is 22.0 Å². The van der Waals surface area contributed by atoms with Gasteiger partial charge < -0.3 is 13.9 Å². The van der Waals surface area contributed by atoms with Crippen LogP contribution in [0.3, 0.4) is 0 Å². The number of hydrazone groups is 1. The van der Waals surface area contributed by atoms with Crippen LogP contribution in [0, 0.1) is 0 Å². The Morgan fingerprint density at radius 3 is 2.61 bits per heavy atom. The molecule has 2 aromatic heterocycles. The maximum absolute atomic E-state index is 12.7. The third kappa shape index (κ3) is 4.99. The Labute approximate surface area is 222 Å². The second-order valence-electron chi connectivity index (χ2n) is 7.56. The summed E-state index contributed by atoms with van der Waals surface area (Å²) in [6, 6.07) is 19.2. The molecule has 0 bridgehead atoms. The number of furan rings is 1. The number of carbonyl (C=O) groups is 2. The van der Waals surface area contributed by atoms with Gasteiger partial charge in [0.2, 0.25) is 0 Å². The normalized spacial score (nSPS) is 11.3. The second kappa shape index (κ2) is 10.1. The molecule has 5 rings (SSSR count). The van der Waals surface area contributed by atoms with Crippen molar-refractivity contribution in [3.63, 3.8) is 0 Å². The molecule has 5 aromatic rings. The predicted octanol–water partition coefficient (Wildman–Crippen LogP) is 7.06. The summed E-state index contributed by atoms with van der Waals surface area (Å²) in [6.07, 6.45) is 1.47. The zero-order valence-corrected chi connectivity index (χ0v) is 21.7. The molecule has 1 N–H and O–H groups in total. The number of ether oxygens (including phenoxy) is 2. The van der Waals surface area contributed by atoms with E-state index >= 15 is 0 Å². The molecule has 0 fully saturated rings. The minimum Gasteiger partial charge on any atom is -0.497 e. The Balaban J connectivity index is 1.22. The van der Waals surface area contributed by atoms with Crippen LogP contribution in [0.5, 0.6) is 11.5 Å². The van der Waals surface area contributed by atoms with Gasteiger partial charge in [0, 0.05) is 19.9 Å². The molecule has 0 radical (unpaired) electrons. The van der Waals surface area contributed by atoms with Gasteiger partial charge in [-0.1, -0.05) is 27.5 Å². The number of benzene rings is 3. The minimum absolute atomic E-state index is 0.154. The van der Waals surface area contributed by atoms with E-state index in [1.54, 1.807) is 49.6 Å². The van der Waals surface area contributed by atoms with E-state index in [0.29, 0.717) is 32.5 Å². The van der Waals surface area contributed by atoms with Crippen LogP contribution in [0.4, 0.5) is 0 Å². The van der Waals surface area contributed by atoms with E-state index in [4.69, 9.17) is 25.5 Å². The molecule has 0 saturated carbocycles. The molecule has 36 heavy (non-hydrogen) atoms. The molecule has 0 aliphatic carbocycles. The van der Waals surface area contributed by atoms with Gasteiger partial charge in [0.15, 0.2) is 5.76 Å². The van der Waals surface area contributed by atoms with Gasteiger partial charge in [0.05, 0.1) is 18.3 Å². The number of amides is 1. The van der Waals surface area contributed by atoms with E-state index in [0.717, 1.165) is 19.9 Å². The number of hydrogen-bond donors (Lipinski definition) is 1. The topological polar surface area (TPSA) is 90.1 Å². The molecular formula is C26H16BrClN2O5S. The third-order valence-corrected chi connectivity index (χ3v) is 7.32. The average Bonchev–Trinajstić information content (AvgIpc) is 3.45. The zero-order valence-electron chi connectivity index (χ0n) is 18.6. The van der Waals surface area contributed by atoms with E-state index in [9.17, 15) is 9.59 Å². The molecule has 180 valence electrons. The zero-order chi connectivity index (χ0) is 25.2. The summed E-state index contributed by atoms with van der Waals surface area (Å²) in [4.78, 5) is 25.3. The van der Waals surface area contributed by atoms with Crippen LogP contribution in [-0.2, 0) is 0 Å². The van der Waals surface area contributed by atoms with E-state index in [2.05, 4.69) is 26.5 Å². The highest BCUT2D eigenvalue weighted by atomic mass is 79.9. The lowest BCUT2D eigenvalue weighted by Gasteiger charge is -2.03. The number of rotatable bonds is 6. The number of nitrogens with zero attached hydrogens (tertiary/aromatic N) is 1. The predicted molar refractivity (Wildman–Crippen MR) is 144 cm³/mol. The SMILES string of the molecule is COc1ccc2c(Cl)c(C(=O)Oc3ccc(C=NNC(=O)c4cc5cc(Br)ccc5o4)cc3)sc2c1. The first kappa shape index (κ1) is 24.1. The molecule has 0 unspecified atom stereocenters. The van der Waals surface area contributed by atoms with Crippen LogP contribution < -0.4 is 14.9 Å². The Morgan fingerprint density at radius 1 is 1.06 bits per heavy atom. The molecule has 0 aliphatic heterocycles. The summed E-state index contributed by atoms with van der Waals surface area (Å²) < 4.78 is 18.0.